The number of anilines is 3. The van der Waals surface area contributed by atoms with Crippen molar-refractivity contribution in [3.63, 3.8) is 0 Å². The van der Waals surface area contributed by atoms with E-state index in [4.69, 9.17) is 0 Å². The van der Waals surface area contributed by atoms with Gasteiger partial charge in [0.2, 0.25) is 0 Å². The number of hydrogen-bond acceptors (Lipinski definition) is 10. The lowest BCUT2D eigenvalue weighted by Gasteiger charge is -2.25. The van der Waals surface area contributed by atoms with Crippen LogP contribution in [0.4, 0.5) is 17.1 Å². The maximum absolute atomic E-state index is 4.50. The molecule has 6 aliphatic rings. The number of imidazole rings is 1. The Hall–Kier alpha value is -10.9. The molecule has 0 spiro atoms. The third kappa shape index (κ3) is 27.3. The quantitative estimate of drug-likeness (QED) is 0.0810. The molecule has 4 aromatic heterocycles. The van der Waals surface area contributed by atoms with Crippen LogP contribution in [0.5, 0.6) is 0 Å². The number of aryl methyl sites for hydroxylation is 1. The lowest BCUT2D eigenvalue weighted by atomic mass is 9.94. The van der Waals surface area contributed by atoms with Crippen LogP contribution < -0.4 is 26.2 Å². The molecular weight excluding hydrogens is 1500 g/mol. The van der Waals surface area contributed by atoms with E-state index in [1.165, 1.54) is 171 Å². The standard InChI is InChI=1S/C19H23N.C13H15N.C12H14N2.C12H17N.C12H13N.C11H16N2.2C11H15N.C10H12N2/c1-15(2)16-10-12-18(13-11-16)20-14-6-5-8-17-7-3-4-9-19(17)20;1-10(2)11-3-5-12(6-4-11)13-7-8-14-9-13;1-10(2)11-3-5-12(6-4-11)14-8-7-13-9-14;2*1-9(2)11-4-3-10-5-6-13-8-12(10)7-11;1-8(2)9-5-10-6-12-4-3-11(10)13-7-9;1-8(2)9-3-4-10-6-12-7-11(10)5-9;1-8(2)10-4-3-9-5-6-12-11(9)7-10;1-7(2)8-3-4-9-6-11-12-10(9)5-8/h3-4,7,9-13,15H,5-6,8,14H2,1-2H3;3-7,9-10H,8H2,1-2H3;3-10H,1-2H3;3-4,7,9,13H,5-6,8H2,1-2H3;3-9H,1-2H3;5,7-8,12H,3-4,6H2,1-2H3;3-5,8,12H,6-7H2,1-2H3;3-4,7-8,12H,5-6H2,1-2H3;3-7H,1-2H3,(H,11,12). The van der Waals surface area contributed by atoms with Gasteiger partial charge in [0, 0.05) is 129 Å². The van der Waals surface area contributed by atoms with Crippen molar-refractivity contribution in [2.75, 3.05) is 42.9 Å². The number of nitrogens with one attached hydrogen (secondary N) is 5. The first-order valence-electron chi connectivity index (χ1n) is 45.7. The van der Waals surface area contributed by atoms with Crippen molar-refractivity contribution in [3.05, 3.63) is 350 Å². The van der Waals surface area contributed by atoms with Crippen LogP contribution in [-0.4, -0.2) is 68.7 Å². The number of H-pyrrole nitrogens is 1. The second-order valence-electron chi connectivity index (χ2n) is 36.2. The Bertz CT molecular complexity index is 5320. The number of aliphatic imine (C=N–C) groups is 1. The van der Waals surface area contributed by atoms with Crippen LogP contribution in [0.3, 0.4) is 0 Å². The fraction of sp³-hybridized carbons (Fsp3) is 0.378. The average Bonchev–Trinajstić information content (AvgIpc) is 1.80. The van der Waals surface area contributed by atoms with E-state index in [0.29, 0.717) is 53.3 Å². The van der Waals surface area contributed by atoms with Crippen LogP contribution in [0.25, 0.3) is 32.9 Å². The zero-order valence-electron chi connectivity index (χ0n) is 77.2. The Balaban J connectivity index is 0.000000135. The Morgan fingerprint density at radius 2 is 0.878 bits per heavy atom. The summed E-state index contributed by atoms with van der Waals surface area (Å²) in [6.07, 6.45) is 24.5. The van der Waals surface area contributed by atoms with Gasteiger partial charge in [-0.2, -0.15) is 5.10 Å². The number of benzene rings is 9. The van der Waals surface area contributed by atoms with Crippen LogP contribution in [0.1, 0.15) is 291 Å². The molecule has 12 heteroatoms. The van der Waals surface area contributed by atoms with Gasteiger partial charge in [0.05, 0.1) is 24.6 Å². The van der Waals surface area contributed by atoms with Gasteiger partial charge in [-0.25, -0.2) is 4.98 Å². The van der Waals surface area contributed by atoms with E-state index in [2.05, 4.69) is 381 Å². The SMILES string of the molecule is CC(C)c1ccc(-n2ccnc2)cc1.CC(C)c1ccc(C2=CCN=C2)cc1.CC(C)c1ccc(N2CCCCc3ccccc32)cc1.CC(C)c1ccc2c(c1)CNC2.CC(C)c1ccc2c(c1)CNCC2.CC(C)c1ccc2c(c1)NCC2.CC(C)c1ccc2ccncc2c1.CC(C)c1ccc2cn[nH]c2c1.CC(C)c1cnc2c(c1)CNCC2. The topological polar surface area (TPSA) is 136 Å². The van der Waals surface area contributed by atoms with E-state index in [-0.39, 0.29) is 0 Å². The largest absolute Gasteiger partial charge is 0.384 e. The molecule has 5 N–H and O–H groups in total. The van der Waals surface area contributed by atoms with Gasteiger partial charge in [-0.1, -0.05) is 276 Å². The molecule has 13 aromatic rings. The maximum Gasteiger partial charge on any atom is 0.0991 e. The third-order valence-corrected chi connectivity index (χ3v) is 24.0. The fourth-order valence-electron chi connectivity index (χ4n) is 15.7. The van der Waals surface area contributed by atoms with Gasteiger partial charge in [-0.15, -0.1) is 0 Å². The van der Waals surface area contributed by atoms with E-state index in [1.54, 1.807) is 6.20 Å². The number of allylic oxidation sites excluding steroid dienone is 1. The number of pyridine rings is 2. The summed E-state index contributed by atoms with van der Waals surface area (Å²) in [6, 6.07) is 73.1. The highest BCUT2D eigenvalue weighted by atomic mass is 15.1. The molecule has 6 aliphatic heterocycles. The van der Waals surface area contributed by atoms with Crippen molar-refractivity contribution in [2.45, 2.75) is 243 Å². The summed E-state index contributed by atoms with van der Waals surface area (Å²) in [7, 11) is 0. The van der Waals surface area contributed by atoms with Crippen molar-refractivity contribution >= 4 is 50.5 Å². The molecular formula is C111H140N12. The van der Waals surface area contributed by atoms with Crippen LogP contribution in [0.2, 0.25) is 0 Å². The molecule has 0 atom stereocenters. The molecule has 0 saturated heterocycles. The Labute approximate surface area is 737 Å². The molecule has 12 nitrogen and oxygen atoms in total. The Morgan fingerprint density at radius 3 is 1.50 bits per heavy atom. The highest BCUT2D eigenvalue weighted by molar-refractivity contribution is 6.11. The summed E-state index contributed by atoms with van der Waals surface area (Å²) < 4.78 is 2.00. The first-order chi connectivity index (χ1) is 59.4. The second kappa shape index (κ2) is 46.6. The average molecular weight is 1640 g/mol. The van der Waals surface area contributed by atoms with Gasteiger partial charge >= 0.3 is 0 Å². The van der Waals surface area contributed by atoms with E-state index in [1.807, 2.05) is 54.2 Å². The van der Waals surface area contributed by atoms with E-state index in [0.717, 1.165) is 76.5 Å². The highest BCUT2D eigenvalue weighted by Crippen LogP contribution is 2.35. The minimum atomic E-state index is 0.581. The predicted molar refractivity (Wildman–Crippen MR) is 526 cm³/mol. The van der Waals surface area contributed by atoms with Crippen LogP contribution in [0, 0.1) is 0 Å². The highest BCUT2D eigenvalue weighted by Gasteiger charge is 2.19. The number of fused-ring (bicyclic) bond motifs is 7. The molecule has 0 radical (unpaired) electrons. The van der Waals surface area contributed by atoms with Gasteiger partial charge in [-0.3, -0.25) is 20.1 Å². The van der Waals surface area contributed by atoms with Gasteiger partial charge in [0.15, 0.2) is 0 Å². The summed E-state index contributed by atoms with van der Waals surface area (Å²) in [6.45, 7) is 49.4. The fourth-order valence-corrected chi connectivity index (χ4v) is 15.7. The van der Waals surface area contributed by atoms with Crippen molar-refractivity contribution in [3.8, 4) is 5.69 Å². The summed E-state index contributed by atoms with van der Waals surface area (Å²) in [4.78, 5) is 19.3. The maximum atomic E-state index is 4.50. The molecule has 0 bridgehead atoms. The molecule has 0 saturated carbocycles. The van der Waals surface area contributed by atoms with Gasteiger partial charge < -0.3 is 30.7 Å². The monoisotopic (exact) mass is 1640 g/mol. The molecule has 0 fully saturated rings. The van der Waals surface area contributed by atoms with Crippen LogP contribution >= 0.6 is 0 Å². The molecule has 0 unspecified atom stereocenters. The van der Waals surface area contributed by atoms with E-state index < -0.39 is 0 Å². The Kier molecular flexibility index (Phi) is 35.1. The normalized spacial score (nSPS) is 13.9. The number of aromatic nitrogens is 6. The summed E-state index contributed by atoms with van der Waals surface area (Å²) >= 11 is 0. The number of rotatable bonds is 12. The molecule has 10 heterocycles. The molecule has 0 aliphatic carbocycles. The molecule has 19 rings (SSSR count). The van der Waals surface area contributed by atoms with Crippen molar-refractivity contribution in [1.29, 1.82) is 0 Å². The third-order valence-electron chi connectivity index (χ3n) is 24.0. The predicted octanol–water partition coefficient (Wildman–Crippen LogP) is 27.1. The number of nitrogens with zero attached hydrogens (tertiary/aromatic N) is 7. The van der Waals surface area contributed by atoms with Crippen LogP contribution in [-0.2, 0) is 51.9 Å². The van der Waals surface area contributed by atoms with Crippen molar-refractivity contribution in [1.82, 2.24) is 45.7 Å². The van der Waals surface area contributed by atoms with Crippen molar-refractivity contribution in [2.24, 2.45) is 4.99 Å². The van der Waals surface area contributed by atoms with E-state index in [9.17, 15) is 0 Å². The Morgan fingerprint density at radius 1 is 0.358 bits per heavy atom. The zero-order valence-corrected chi connectivity index (χ0v) is 77.2. The summed E-state index contributed by atoms with van der Waals surface area (Å²) in [5, 5.41) is 24.1. The number of para-hydroxylation sites is 1. The molecule has 644 valence electrons. The van der Waals surface area contributed by atoms with Crippen molar-refractivity contribution < 1.29 is 0 Å². The lowest BCUT2D eigenvalue weighted by molar-refractivity contribution is 0.627. The summed E-state index contributed by atoms with van der Waals surface area (Å²) in [5.41, 5.74) is 33.1. The number of hydrogen-bond donors (Lipinski definition) is 5. The second-order valence-corrected chi connectivity index (χ2v) is 36.2. The first-order valence-corrected chi connectivity index (χ1v) is 45.7. The molecule has 9 aromatic carbocycles. The minimum Gasteiger partial charge on any atom is -0.384 e. The first kappa shape index (κ1) is 92.8. The summed E-state index contributed by atoms with van der Waals surface area (Å²) in [5.74, 6) is 5.48. The van der Waals surface area contributed by atoms with Gasteiger partial charge in [0.25, 0.3) is 0 Å². The van der Waals surface area contributed by atoms with Gasteiger partial charge in [-0.05, 0) is 252 Å². The minimum absolute atomic E-state index is 0.581. The zero-order chi connectivity index (χ0) is 87.3. The molecule has 0 amide bonds. The van der Waals surface area contributed by atoms with Crippen LogP contribution in [0.15, 0.2) is 255 Å². The van der Waals surface area contributed by atoms with E-state index >= 15 is 0 Å². The number of aromatic amines is 1. The van der Waals surface area contributed by atoms with Gasteiger partial charge in [0.1, 0.15) is 0 Å². The molecule has 123 heavy (non-hydrogen) atoms. The lowest BCUT2D eigenvalue weighted by Crippen LogP contribution is -2.24. The smallest absolute Gasteiger partial charge is 0.0991 e.